The van der Waals surface area contributed by atoms with Crippen molar-refractivity contribution in [1.82, 2.24) is 20.1 Å². The lowest BCUT2D eigenvalue weighted by Crippen LogP contribution is -2.11. The maximum absolute atomic E-state index is 5.32. The Hall–Kier alpha value is -2.38. The Morgan fingerprint density at radius 2 is 2.00 bits per heavy atom. The van der Waals surface area contributed by atoms with Gasteiger partial charge in [0.05, 0.1) is 7.11 Å². The molecule has 19 heavy (non-hydrogen) atoms. The molecule has 2 N–H and O–H groups in total. The number of aromatic nitrogens is 4. The molecule has 0 aliphatic rings. The van der Waals surface area contributed by atoms with E-state index in [1.54, 1.807) is 7.11 Å². The van der Waals surface area contributed by atoms with Crippen LogP contribution in [0.5, 0.6) is 5.75 Å². The molecule has 102 valence electrons. The van der Waals surface area contributed by atoms with E-state index in [0.29, 0.717) is 36.2 Å². The maximum atomic E-state index is 5.32. The number of anilines is 2. The molecule has 0 aliphatic carbocycles. The SMILES string of the molecule is CCNc1ncnc(NCCc2ncon2)c1OC. The Kier molecular flexibility index (Phi) is 4.49. The zero-order valence-corrected chi connectivity index (χ0v) is 10.9. The van der Waals surface area contributed by atoms with Crippen LogP contribution in [0.15, 0.2) is 17.2 Å². The normalized spacial score (nSPS) is 10.2. The Balaban J connectivity index is 2.00. The summed E-state index contributed by atoms with van der Waals surface area (Å²) in [6.45, 7) is 3.37. The van der Waals surface area contributed by atoms with Crippen molar-refractivity contribution in [2.45, 2.75) is 13.3 Å². The van der Waals surface area contributed by atoms with Gasteiger partial charge < -0.3 is 19.9 Å². The Morgan fingerprint density at radius 1 is 1.21 bits per heavy atom. The van der Waals surface area contributed by atoms with Crippen LogP contribution in [0.1, 0.15) is 12.7 Å². The van der Waals surface area contributed by atoms with Gasteiger partial charge in [-0.1, -0.05) is 5.16 Å². The second-order valence-electron chi connectivity index (χ2n) is 3.66. The molecule has 8 heteroatoms. The minimum Gasteiger partial charge on any atom is -0.490 e. The molecule has 0 saturated heterocycles. The summed E-state index contributed by atoms with van der Waals surface area (Å²) < 4.78 is 9.98. The van der Waals surface area contributed by atoms with Gasteiger partial charge >= 0.3 is 0 Å². The monoisotopic (exact) mass is 264 g/mol. The van der Waals surface area contributed by atoms with Crippen LogP contribution in [0.2, 0.25) is 0 Å². The van der Waals surface area contributed by atoms with Gasteiger partial charge in [-0.2, -0.15) is 4.98 Å². The fourth-order valence-corrected chi connectivity index (χ4v) is 1.58. The number of hydrogen-bond acceptors (Lipinski definition) is 8. The van der Waals surface area contributed by atoms with Crippen molar-refractivity contribution in [3.63, 3.8) is 0 Å². The molecule has 0 saturated carbocycles. The minimum atomic E-state index is 0.595. The van der Waals surface area contributed by atoms with Crippen LogP contribution >= 0.6 is 0 Å². The predicted octanol–water partition coefficient (Wildman–Crippen LogP) is 0.955. The molecule has 0 atom stereocenters. The lowest BCUT2D eigenvalue weighted by atomic mass is 10.4. The van der Waals surface area contributed by atoms with E-state index in [1.807, 2.05) is 6.92 Å². The highest BCUT2D eigenvalue weighted by atomic mass is 16.5. The molecule has 2 heterocycles. The number of methoxy groups -OCH3 is 1. The van der Waals surface area contributed by atoms with Crippen molar-refractivity contribution in [1.29, 1.82) is 0 Å². The van der Waals surface area contributed by atoms with Crippen molar-refractivity contribution >= 4 is 11.6 Å². The maximum Gasteiger partial charge on any atom is 0.213 e. The van der Waals surface area contributed by atoms with Crippen LogP contribution in [0.3, 0.4) is 0 Å². The summed E-state index contributed by atoms with van der Waals surface area (Å²) in [5, 5.41) is 10.0. The molecule has 0 aromatic carbocycles. The van der Waals surface area contributed by atoms with Crippen LogP contribution < -0.4 is 15.4 Å². The fraction of sp³-hybridized carbons (Fsp3) is 0.455. The zero-order chi connectivity index (χ0) is 13.5. The first-order valence-corrected chi connectivity index (χ1v) is 5.97. The summed E-state index contributed by atoms with van der Waals surface area (Å²) in [4.78, 5) is 12.2. The van der Waals surface area contributed by atoms with E-state index >= 15 is 0 Å². The van der Waals surface area contributed by atoms with Crippen LogP contribution in [0.4, 0.5) is 11.6 Å². The Morgan fingerprint density at radius 3 is 2.63 bits per heavy atom. The summed E-state index contributed by atoms with van der Waals surface area (Å²) in [5.74, 6) is 2.55. The third-order valence-corrected chi connectivity index (χ3v) is 2.40. The molecule has 0 bridgehead atoms. The van der Waals surface area contributed by atoms with E-state index in [9.17, 15) is 0 Å². The predicted molar refractivity (Wildman–Crippen MR) is 69.2 cm³/mol. The molecular formula is C11H16N6O2. The molecule has 0 radical (unpaired) electrons. The van der Waals surface area contributed by atoms with Gasteiger partial charge in [0.1, 0.15) is 6.33 Å². The number of rotatable bonds is 7. The second kappa shape index (κ2) is 6.53. The van der Waals surface area contributed by atoms with Gasteiger partial charge in [0.25, 0.3) is 0 Å². The molecular weight excluding hydrogens is 248 g/mol. The molecule has 0 unspecified atom stereocenters. The fourth-order valence-electron chi connectivity index (χ4n) is 1.58. The third-order valence-electron chi connectivity index (χ3n) is 2.40. The van der Waals surface area contributed by atoms with E-state index in [4.69, 9.17) is 4.74 Å². The Labute approximate surface area is 110 Å². The average Bonchev–Trinajstić information content (AvgIpc) is 2.93. The topological polar surface area (TPSA) is 98.0 Å². The van der Waals surface area contributed by atoms with Crippen LogP contribution in [0, 0.1) is 0 Å². The van der Waals surface area contributed by atoms with E-state index < -0.39 is 0 Å². The van der Waals surface area contributed by atoms with Crippen molar-refractivity contribution < 1.29 is 9.26 Å². The summed E-state index contributed by atoms with van der Waals surface area (Å²) in [5.41, 5.74) is 0. The minimum absolute atomic E-state index is 0.595. The number of ether oxygens (including phenoxy) is 1. The number of hydrogen-bond donors (Lipinski definition) is 2. The first kappa shape index (κ1) is 13.1. The number of nitrogens with one attached hydrogen (secondary N) is 2. The first-order valence-electron chi connectivity index (χ1n) is 5.97. The van der Waals surface area contributed by atoms with Crippen molar-refractivity contribution in [3.05, 3.63) is 18.5 Å². The Bertz CT molecular complexity index is 502. The summed E-state index contributed by atoms with van der Waals surface area (Å²) in [7, 11) is 1.59. The second-order valence-corrected chi connectivity index (χ2v) is 3.66. The highest BCUT2D eigenvalue weighted by Crippen LogP contribution is 2.28. The van der Waals surface area contributed by atoms with Gasteiger partial charge in [0.15, 0.2) is 17.5 Å². The van der Waals surface area contributed by atoms with Crippen molar-refractivity contribution in [2.75, 3.05) is 30.8 Å². The molecule has 2 aromatic heterocycles. The lowest BCUT2D eigenvalue weighted by Gasteiger charge is -2.12. The highest BCUT2D eigenvalue weighted by Gasteiger charge is 2.11. The van der Waals surface area contributed by atoms with Crippen molar-refractivity contribution in [3.8, 4) is 5.75 Å². The summed E-state index contributed by atoms with van der Waals surface area (Å²) in [6.07, 6.45) is 3.43. The third kappa shape index (κ3) is 3.30. The van der Waals surface area contributed by atoms with E-state index in [2.05, 4.69) is 35.3 Å². The zero-order valence-electron chi connectivity index (χ0n) is 10.9. The van der Waals surface area contributed by atoms with Crippen molar-refractivity contribution in [2.24, 2.45) is 0 Å². The summed E-state index contributed by atoms with van der Waals surface area (Å²) in [6, 6.07) is 0. The number of nitrogens with zero attached hydrogens (tertiary/aromatic N) is 4. The van der Waals surface area contributed by atoms with E-state index in [0.717, 1.165) is 6.54 Å². The van der Waals surface area contributed by atoms with Gasteiger partial charge in [-0.3, -0.25) is 0 Å². The highest BCUT2D eigenvalue weighted by molar-refractivity contribution is 5.63. The molecule has 2 rings (SSSR count). The first-order chi connectivity index (χ1) is 9.35. The van der Waals surface area contributed by atoms with Crippen LogP contribution in [-0.2, 0) is 6.42 Å². The van der Waals surface area contributed by atoms with Gasteiger partial charge in [-0.05, 0) is 6.92 Å². The largest absolute Gasteiger partial charge is 0.490 e. The lowest BCUT2D eigenvalue weighted by molar-refractivity contribution is 0.410. The van der Waals surface area contributed by atoms with Gasteiger partial charge in [-0.15, -0.1) is 0 Å². The molecule has 8 nitrogen and oxygen atoms in total. The molecule has 2 aromatic rings. The standard InChI is InChI=1S/C11H16N6O2/c1-3-12-10-9(18-2)11(15-6-14-10)13-5-4-8-16-7-19-17-8/h6-7H,3-5H2,1-2H3,(H2,12,13,14,15). The van der Waals surface area contributed by atoms with Gasteiger partial charge in [0, 0.05) is 19.5 Å². The van der Waals surface area contributed by atoms with E-state index in [1.165, 1.54) is 12.7 Å². The average molecular weight is 264 g/mol. The molecule has 0 fully saturated rings. The van der Waals surface area contributed by atoms with Crippen LogP contribution in [0.25, 0.3) is 0 Å². The quantitative estimate of drug-likeness (QED) is 0.763. The molecule has 0 spiro atoms. The molecule has 0 aliphatic heterocycles. The smallest absolute Gasteiger partial charge is 0.213 e. The molecule has 0 amide bonds. The van der Waals surface area contributed by atoms with Gasteiger partial charge in [-0.25, -0.2) is 9.97 Å². The van der Waals surface area contributed by atoms with Gasteiger partial charge in [0.2, 0.25) is 12.1 Å². The van der Waals surface area contributed by atoms with Crippen LogP contribution in [-0.4, -0.2) is 40.3 Å². The van der Waals surface area contributed by atoms with E-state index in [-0.39, 0.29) is 0 Å². The summed E-state index contributed by atoms with van der Waals surface area (Å²) >= 11 is 0.